The zero-order valence-corrected chi connectivity index (χ0v) is 22.5. The topological polar surface area (TPSA) is 197 Å². The number of rotatable bonds is 10. The van der Waals surface area contributed by atoms with Crippen molar-refractivity contribution in [3.05, 3.63) is 32.6 Å². The Kier molecular flexibility index (Phi) is 8.05. The number of carbonyl (C=O) groups excluding carboxylic acids is 2. The molecule has 2 aliphatic rings. The lowest BCUT2D eigenvalue weighted by Gasteiger charge is -2.51. The number of anilines is 1. The van der Waals surface area contributed by atoms with Gasteiger partial charge in [-0.1, -0.05) is 16.9 Å². The summed E-state index contributed by atoms with van der Waals surface area (Å²) in [5.41, 5.74) is 6.76. The van der Waals surface area contributed by atoms with Crippen LogP contribution in [0.15, 0.2) is 25.9 Å². The minimum absolute atomic E-state index is 0.135. The van der Waals surface area contributed by atoms with Crippen LogP contribution in [0.2, 0.25) is 0 Å². The summed E-state index contributed by atoms with van der Waals surface area (Å²) < 4.78 is 0.610. The Hall–Kier alpha value is -3.15. The van der Waals surface area contributed by atoms with Crippen LogP contribution in [0.4, 0.5) is 5.13 Å². The number of carboxylic acids is 2. The molecule has 1 fully saturated rings. The lowest BCUT2D eigenvalue weighted by Crippen LogP contribution is -2.74. The predicted octanol–water partition coefficient (Wildman–Crippen LogP) is 0.997. The number of oxime groups is 1. The lowest BCUT2D eigenvalue weighted by molar-refractivity contribution is -0.159. The summed E-state index contributed by atoms with van der Waals surface area (Å²) in [6, 6.07) is -2.17. The molecule has 0 spiro atoms. The van der Waals surface area contributed by atoms with Crippen molar-refractivity contribution in [3.8, 4) is 0 Å². The Morgan fingerprint density at radius 1 is 1.32 bits per heavy atom. The van der Waals surface area contributed by atoms with E-state index in [1.54, 1.807) is 12.3 Å². The van der Waals surface area contributed by atoms with E-state index in [0.29, 0.717) is 20.5 Å². The molecule has 17 heteroatoms. The van der Waals surface area contributed by atoms with Crippen molar-refractivity contribution in [1.29, 1.82) is 0 Å². The second-order valence-corrected chi connectivity index (χ2v) is 11.9. The minimum atomic E-state index is -1.20. The number of carboxylic acid groups (broad SMARTS) is 2. The van der Waals surface area contributed by atoms with Crippen molar-refractivity contribution in [2.45, 2.75) is 35.1 Å². The average Bonchev–Trinajstić information content (AvgIpc) is 3.42. The zero-order chi connectivity index (χ0) is 26.9. The molecule has 13 nitrogen and oxygen atoms in total. The van der Waals surface area contributed by atoms with Gasteiger partial charge in [-0.25, -0.2) is 14.8 Å². The number of hydrogen-bond donors (Lipinski definition) is 4. The number of thiazole rings is 2. The third-order valence-corrected chi connectivity index (χ3v) is 9.56. The molecule has 4 heterocycles. The van der Waals surface area contributed by atoms with Crippen LogP contribution >= 0.6 is 46.2 Å². The highest BCUT2D eigenvalue weighted by Crippen LogP contribution is 2.42. The van der Waals surface area contributed by atoms with E-state index in [9.17, 15) is 24.3 Å². The number of amides is 2. The maximum Gasteiger partial charge on any atom is 0.330 e. The minimum Gasteiger partial charge on any atom is -0.481 e. The Labute approximate surface area is 226 Å². The number of aromatic nitrogens is 2. The van der Waals surface area contributed by atoms with Gasteiger partial charge >= 0.3 is 11.9 Å². The molecule has 3 unspecified atom stereocenters. The van der Waals surface area contributed by atoms with Crippen molar-refractivity contribution >= 4 is 80.8 Å². The SMILES string of the molecule is CON=C(C(=O)NC1C(=O)N2C(C(=O)O)C(CSc3nc(C)c(CC(=O)O)s3)=CSC12)c1csc(N)n1. The fraction of sp³-hybridized carbons (Fsp3) is 0.350. The van der Waals surface area contributed by atoms with E-state index in [2.05, 4.69) is 20.4 Å². The van der Waals surface area contributed by atoms with Crippen LogP contribution < -0.4 is 11.1 Å². The van der Waals surface area contributed by atoms with E-state index in [4.69, 9.17) is 15.7 Å². The van der Waals surface area contributed by atoms with Crippen molar-refractivity contribution < 1.29 is 34.2 Å². The average molecular weight is 585 g/mol. The Morgan fingerprint density at radius 2 is 2.08 bits per heavy atom. The molecule has 5 N–H and O–H groups in total. The molecular weight excluding hydrogens is 565 g/mol. The fourth-order valence-corrected chi connectivity index (χ4v) is 7.75. The highest BCUT2D eigenvalue weighted by Gasteiger charge is 2.56. The fourth-order valence-electron chi connectivity index (χ4n) is 3.64. The van der Waals surface area contributed by atoms with E-state index >= 15 is 0 Å². The monoisotopic (exact) mass is 584 g/mol. The third kappa shape index (κ3) is 5.58. The van der Waals surface area contributed by atoms with Gasteiger partial charge in [0.05, 0.1) is 12.1 Å². The number of thioether (sulfide) groups is 2. The van der Waals surface area contributed by atoms with Crippen LogP contribution in [-0.2, 0) is 30.4 Å². The second kappa shape index (κ2) is 11.1. The van der Waals surface area contributed by atoms with Crippen LogP contribution in [0, 0.1) is 6.92 Å². The predicted molar refractivity (Wildman–Crippen MR) is 139 cm³/mol. The van der Waals surface area contributed by atoms with E-state index in [0.717, 1.165) is 11.3 Å². The van der Waals surface area contributed by atoms with Crippen LogP contribution in [0.1, 0.15) is 16.3 Å². The number of aryl methyl sites for hydroxylation is 1. The van der Waals surface area contributed by atoms with E-state index in [-0.39, 0.29) is 28.7 Å². The van der Waals surface area contributed by atoms with Gasteiger partial charge < -0.3 is 31.0 Å². The van der Waals surface area contributed by atoms with Crippen LogP contribution in [0.3, 0.4) is 0 Å². The molecule has 0 bridgehead atoms. The van der Waals surface area contributed by atoms with Crippen molar-refractivity contribution in [2.75, 3.05) is 18.6 Å². The van der Waals surface area contributed by atoms with Gasteiger partial charge in [-0.15, -0.1) is 34.4 Å². The van der Waals surface area contributed by atoms with Gasteiger partial charge in [0.15, 0.2) is 21.2 Å². The smallest absolute Gasteiger partial charge is 0.330 e. The molecule has 2 aliphatic heterocycles. The molecule has 0 aliphatic carbocycles. The highest BCUT2D eigenvalue weighted by atomic mass is 32.2. The maximum atomic E-state index is 13.0. The lowest BCUT2D eigenvalue weighted by atomic mass is 9.98. The molecule has 196 valence electrons. The zero-order valence-electron chi connectivity index (χ0n) is 19.2. The van der Waals surface area contributed by atoms with E-state index < -0.39 is 41.2 Å². The molecule has 2 aromatic rings. The van der Waals surface area contributed by atoms with Crippen LogP contribution in [0.25, 0.3) is 0 Å². The van der Waals surface area contributed by atoms with Crippen molar-refractivity contribution in [2.24, 2.45) is 5.16 Å². The Morgan fingerprint density at radius 3 is 2.70 bits per heavy atom. The first-order valence-corrected chi connectivity index (χ1v) is 14.1. The van der Waals surface area contributed by atoms with Crippen LogP contribution in [-0.4, -0.2) is 84.9 Å². The number of nitrogens with one attached hydrogen (secondary N) is 1. The van der Waals surface area contributed by atoms with Gasteiger partial charge in [0.1, 0.15) is 24.2 Å². The first-order chi connectivity index (χ1) is 17.6. The quantitative estimate of drug-likeness (QED) is 0.134. The Bertz CT molecular complexity index is 1320. The number of β-lactam (4-membered cyclic amide) rings is 1. The summed E-state index contributed by atoms with van der Waals surface area (Å²) in [6.45, 7) is 1.72. The standard InChI is InChI=1S/C20H20N6O7S4/c1-7-10(3-11(27)28)37-20(22-7)36-5-8-4-34-17-13(16(30)26(17)14(8)18(31)32)24-15(29)12(25-33-2)9-6-35-19(21)23-9/h4,6,13-14,17H,3,5H2,1-2H3,(H2,21,23)(H,24,29)(H,27,28)(H,31,32). The normalized spacial score (nSPS) is 21.1. The van der Waals surface area contributed by atoms with E-state index in [1.807, 2.05) is 0 Å². The largest absolute Gasteiger partial charge is 0.481 e. The molecule has 37 heavy (non-hydrogen) atoms. The molecule has 4 rings (SSSR count). The molecule has 0 aromatic carbocycles. The summed E-state index contributed by atoms with van der Waals surface area (Å²) >= 11 is 4.85. The van der Waals surface area contributed by atoms with Gasteiger partial charge in [0.2, 0.25) is 5.91 Å². The Balaban J connectivity index is 1.46. The molecule has 2 amide bonds. The first-order valence-electron chi connectivity index (χ1n) is 10.4. The van der Waals surface area contributed by atoms with Gasteiger partial charge in [-0.2, -0.15) is 0 Å². The molecular formula is C20H20N6O7S4. The number of aliphatic carboxylic acids is 2. The number of nitrogens with two attached hydrogens (primary N) is 1. The summed E-state index contributed by atoms with van der Waals surface area (Å²) in [5.74, 6) is -3.17. The number of hydrogen-bond acceptors (Lipinski definition) is 13. The van der Waals surface area contributed by atoms with Crippen LogP contribution in [0.5, 0.6) is 0 Å². The van der Waals surface area contributed by atoms with Gasteiger partial charge in [-0.3, -0.25) is 14.4 Å². The molecule has 2 aromatic heterocycles. The van der Waals surface area contributed by atoms with Gasteiger partial charge in [-0.05, 0) is 17.9 Å². The van der Waals surface area contributed by atoms with Gasteiger partial charge in [0.25, 0.3) is 5.91 Å². The molecule has 1 saturated heterocycles. The second-order valence-electron chi connectivity index (χ2n) is 7.70. The molecule has 3 atom stereocenters. The highest BCUT2D eigenvalue weighted by molar-refractivity contribution is 8.03. The molecule has 0 saturated carbocycles. The third-order valence-electron chi connectivity index (χ3n) is 5.30. The van der Waals surface area contributed by atoms with Crippen molar-refractivity contribution in [3.63, 3.8) is 0 Å². The van der Waals surface area contributed by atoms with Gasteiger partial charge in [0, 0.05) is 16.0 Å². The molecule has 0 radical (unpaired) electrons. The maximum absolute atomic E-state index is 13.0. The number of fused-ring (bicyclic) bond motifs is 1. The number of nitrogens with zero attached hydrogens (tertiary/aromatic N) is 4. The first kappa shape index (κ1) is 26.9. The summed E-state index contributed by atoms with van der Waals surface area (Å²) in [6.07, 6.45) is -0.135. The van der Waals surface area contributed by atoms with Crippen molar-refractivity contribution in [1.82, 2.24) is 20.2 Å². The van der Waals surface area contributed by atoms with E-state index in [1.165, 1.54) is 52.3 Å². The number of nitrogen functional groups attached to an aromatic ring is 1. The summed E-state index contributed by atoms with van der Waals surface area (Å²) in [5, 5.41) is 28.0. The summed E-state index contributed by atoms with van der Waals surface area (Å²) in [7, 11) is 1.26. The summed E-state index contributed by atoms with van der Waals surface area (Å²) in [4.78, 5) is 63.9. The number of carbonyl (C=O) groups is 4.